The van der Waals surface area contributed by atoms with Crippen molar-refractivity contribution in [2.45, 2.75) is 53.4 Å². The molecule has 0 aliphatic carbocycles. The van der Waals surface area contributed by atoms with Gasteiger partial charge in [-0.2, -0.15) is 5.10 Å². The Balaban J connectivity index is 1.93. The van der Waals surface area contributed by atoms with E-state index in [9.17, 15) is 0 Å². The fourth-order valence-corrected chi connectivity index (χ4v) is 2.35. The Labute approximate surface area is 114 Å². The van der Waals surface area contributed by atoms with Crippen molar-refractivity contribution in [3.63, 3.8) is 0 Å². The molecule has 2 heterocycles. The number of hydrogen-bond acceptors (Lipinski definition) is 3. The number of nitrogens with zero attached hydrogens (tertiary/aromatic N) is 4. The first-order chi connectivity index (χ1) is 9.11. The van der Waals surface area contributed by atoms with Crippen LogP contribution < -0.4 is 5.32 Å². The second kappa shape index (κ2) is 6.02. The quantitative estimate of drug-likeness (QED) is 0.864. The Morgan fingerprint density at radius 3 is 2.74 bits per heavy atom. The van der Waals surface area contributed by atoms with Crippen molar-refractivity contribution < 1.29 is 0 Å². The Morgan fingerprint density at radius 1 is 1.37 bits per heavy atom. The standard InChI is InChI=1S/C14H23N5/c1-5-19-13(4)14(12(3)17-19)8-16-11(2)9-18-7-6-15-10-18/h6-7,10-11,16H,5,8-9H2,1-4H3/t11-/m1/s1. The van der Waals surface area contributed by atoms with Gasteiger partial charge in [-0.15, -0.1) is 0 Å². The molecule has 0 aliphatic rings. The minimum atomic E-state index is 0.401. The second-order valence-corrected chi connectivity index (χ2v) is 5.01. The summed E-state index contributed by atoms with van der Waals surface area (Å²) in [5.74, 6) is 0. The molecule has 0 fully saturated rings. The SMILES string of the molecule is CCn1nc(C)c(CN[C@H](C)Cn2ccnc2)c1C. The number of imidazole rings is 1. The molecule has 0 radical (unpaired) electrons. The zero-order valence-electron chi connectivity index (χ0n) is 12.2. The molecule has 1 N–H and O–H groups in total. The molecule has 5 nitrogen and oxygen atoms in total. The van der Waals surface area contributed by atoms with Crippen LogP contribution >= 0.6 is 0 Å². The summed E-state index contributed by atoms with van der Waals surface area (Å²) in [6, 6.07) is 0.401. The van der Waals surface area contributed by atoms with Crippen molar-refractivity contribution in [1.29, 1.82) is 0 Å². The van der Waals surface area contributed by atoms with Crippen molar-refractivity contribution in [3.05, 3.63) is 35.7 Å². The highest BCUT2D eigenvalue weighted by molar-refractivity contribution is 5.24. The minimum Gasteiger partial charge on any atom is -0.336 e. The lowest BCUT2D eigenvalue weighted by Crippen LogP contribution is -2.30. The van der Waals surface area contributed by atoms with E-state index < -0.39 is 0 Å². The summed E-state index contributed by atoms with van der Waals surface area (Å²) in [6.07, 6.45) is 5.65. The van der Waals surface area contributed by atoms with Crippen LogP contribution in [0, 0.1) is 13.8 Å². The van der Waals surface area contributed by atoms with Crippen LogP contribution in [0.5, 0.6) is 0 Å². The molecule has 0 spiro atoms. The fourth-order valence-electron chi connectivity index (χ4n) is 2.35. The molecule has 0 saturated heterocycles. The summed E-state index contributed by atoms with van der Waals surface area (Å²) >= 11 is 0. The highest BCUT2D eigenvalue weighted by atomic mass is 15.3. The predicted molar refractivity (Wildman–Crippen MR) is 75.9 cm³/mol. The van der Waals surface area contributed by atoms with Gasteiger partial charge in [0.15, 0.2) is 0 Å². The number of aromatic nitrogens is 4. The summed E-state index contributed by atoms with van der Waals surface area (Å²) in [4.78, 5) is 4.06. The van der Waals surface area contributed by atoms with E-state index in [1.54, 1.807) is 0 Å². The second-order valence-electron chi connectivity index (χ2n) is 5.01. The van der Waals surface area contributed by atoms with E-state index in [1.807, 2.05) is 18.7 Å². The van der Waals surface area contributed by atoms with Crippen LogP contribution in [0.1, 0.15) is 30.8 Å². The molecule has 0 saturated carbocycles. The van der Waals surface area contributed by atoms with Gasteiger partial charge in [0.25, 0.3) is 0 Å². The molecule has 2 aromatic heterocycles. The number of nitrogens with one attached hydrogen (secondary N) is 1. The maximum atomic E-state index is 4.54. The molecule has 0 aromatic carbocycles. The number of hydrogen-bond donors (Lipinski definition) is 1. The van der Waals surface area contributed by atoms with E-state index in [2.05, 4.69) is 52.3 Å². The number of aryl methyl sites for hydroxylation is 2. The molecule has 0 unspecified atom stereocenters. The molecule has 104 valence electrons. The number of rotatable bonds is 6. The first kappa shape index (κ1) is 13.8. The van der Waals surface area contributed by atoms with Gasteiger partial charge >= 0.3 is 0 Å². The van der Waals surface area contributed by atoms with Crippen LogP contribution in [0.15, 0.2) is 18.7 Å². The van der Waals surface area contributed by atoms with E-state index in [0.717, 1.165) is 25.3 Å². The molecular weight excluding hydrogens is 238 g/mol. The van der Waals surface area contributed by atoms with E-state index in [1.165, 1.54) is 11.3 Å². The fraction of sp³-hybridized carbons (Fsp3) is 0.571. The van der Waals surface area contributed by atoms with Crippen LogP contribution in [0.4, 0.5) is 0 Å². The van der Waals surface area contributed by atoms with Gasteiger partial charge in [0.2, 0.25) is 0 Å². The normalized spacial score (nSPS) is 12.8. The zero-order chi connectivity index (χ0) is 13.8. The average molecular weight is 261 g/mol. The van der Waals surface area contributed by atoms with Crippen molar-refractivity contribution in [2.24, 2.45) is 0 Å². The molecule has 2 rings (SSSR count). The molecule has 2 aromatic rings. The van der Waals surface area contributed by atoms with Crippen LogP contribution in [-0.2, 0) is 19.6 Å². The summed E-state index contributed by atoms with van der Waals surface area (Å²) < 4.78 is 4.15. The molecule has 0 bridgehead atoms. The topological polar surface area (TPSA) is 47.7 Å². The molecule has 19 heavy (non-hydrogen) atoms. The summed E-state index contributed by atoms with van der Waals surface area (Å²) in [7, 11) is 0. The highest BCUT2D eigenvalue weighted by Crippen LogP contribution is 2.12. The lowest BCUT2D eigenvalue weighted by Gasteiger charge is -2.14. The van der Waals surface area contributed by atoms with Gasteiger partial charge in [-0.3, -0.25) is 4.68 Å². The first-order valence-electron chi connectivity index (χ1n) is 6.83. The predicted octanol–water partition coefficient (Wildman–Crippen LogP) is 1.89. The lowest BCUT2D eigenvalue weighted by molar-refractivity contribution is 0.475. The largest absolute Gasteiger partial charge is 0.336 e. The third-order valence-electron chi connectivity index (χ3n) is 3.50. The van der Waals surface area contributed by atoms with Gasteiger partial charge in [-0.1, -0.05) is 0 Å². The monoisotopic (exact) mass is 261 g/mol. The average Bonchev–Trinajstić information content (AvgIpc) is 2.96. The summed E-state index contributed by atoms with van der Waals surface area (Å²) in [5, 5.41) is 8.10. The maximum absolute atomic E-state index is 4.54. The third-order valence-corrected chi connectivity index (χ3v) is 3.50. The highest BCUT2D eigenvalue weighted by Gasteiger charge is 2.11. The van der Waals surface area contributed by atoms with Crippen molar-refractivity contribution in [3.8, 4) is 0 Å². The van der Waals surface area contributed by atoms with Crippen LogP contribution in [0.25, 0.3) is 0 Å². The van der Waals surface area contributed by atoms with Gasteiger partial charge in [-0.25, -0.2) is 4.98 Å². The van der Waals surface area contributed by atoms with Gasteiger partial charge in [0.05, 0.1) is 12.0 Å². The Bertz CT molecular complexity index is 512. The summed E-state index contributed by atoms with van der Waals surface area (Å²) in [5.41, 5.74) is 3.71. The Hall–Kier alpha value is -1.62. The smallest absolute Gasteiger partial charge is 0.0946 e. The van der Waals surface area contributed by atoms with Crippen molar-refractivity contribution >= 4 is 0 Å². The molecule has 0 aliphatic heterocycles. The van der Waals surface area contributed by atoms with E-state index in [-0.39, 0.29) is 0 Å². The van der Waals surface area contributed by atoms with Gasteiger partial charge in [0.1, 0.15) is 0 Å². The van der Waals surface area contributed by atoms with Crippen molar-refractivity contribution in [2.75, 3.05) is 0 Å². The zero-order valence-corrected chi connectivity index (χ0v) is 12.2. The molecule has 0 amide bonds. The minimum absolute atomic E-state index is 0.401. The molecule has 5 heteroatoms. The lowest BCUT2D eigenvalue weighted by atomic mass is 10.2. The van der Waals surface area contributed by atoms with E-state index >= 15 is 0 Å². The third kappa shape index (κ3) is 3.23. The van der Waals surface area contributed by atoms with Gasteiger partial charge < -0.3 is 9.88 Å². The Morgan fingerprint density at radius 2 is 2.16 bits per heavy atom. The van der Waals surface area contributed by atoms with E-state index in [0.29, 0.717) is 6.04 Å². The van der Waals surface area contributed by atoms with Gasteiger partial charge in [-0.05, 0) is 27.7 Å². The molecule has 1 atom stereocenters. The van der Waals surface area contributed by atoms with Crippen molar-refractivity contribution in [1.82, 2.24) is 24.6 Å². The molecular formula is C14H23N5. The van der Waals surface area contributed by atoms with E-state index in [4.69, 9.17) is 0 Å². The summed E-state index contributed by atoms with van der Waals surface area (Å²) in [6.45, 7) is 11.3. The van der Waals surface area contributed by atoms with Crippen LogP contribution in [0.3, 0.4) is 0 Å². The van der Waals surface area contributed by atoms with Crippen LogP contribution in [0.2, 0.25) is 0 Å². The van der Waals surface area contributed by atoms with Crippen LogP contribution in [-0.4, -0.2) is 25.4 Å². The maximum Gasteiger partial charge on any atom is 0.0946 e. The Kier molecular flexibility index (Phi) is 4.37. The first-order valence-corrected chi connectivity index (χ1v) is 6.83. The van der Waals surface area contributed by atoms with Gasteiger partial charge in [0, 0.05) is 49.3 Å².